The van der Waals surface area contributed by atoms with Gasteiger partial charge in [0.05, 0.1) is 16.0 Å². The zero-order chi connectivity index (χ0) is 13.0. The van der Waals surface area contributed by atoms with Crippen molar-refractivity contribution in [2.45, 2.75) is 19.8 Å². The van der Waals surface area contributed by atoms with Gasteiger partial charge in [0.2, 0.25) is 0 Å². The van der Waals surface area contributed by atoms with Crippen LogP contribution in [0.4, 0.5) is 0 Å². The molecule has 0 fully saturated rings. The van der Waals surface area contributed by atoms with Gasteiger partial charge in [-0.3, -0.25) is 0 Å². The van der Waals surface area contributed by atoms with E-state index < -0.39 is 0 Å². The number of aliphatic hydroxyl groups is 1. The highest BCUT2D eigenvalue weighted by Crippen LogP contribution is 2.12. The van der Waals surface area contributed by atoms with Crippen LogP contribution in [0.25, 0.3) is 22.6 Å². The lowest BCUT2D eigenvalue weighted by atomic mass is 10.2. The molecule has 1 heterocycles. The summed E-state index contributed by atoms with van der Waals surface area (Å²) < 4.78 is 1.90. The van der Waals surface area contributed by atoms with E-state index in [0.717, 1.165) is 25.9 Å². The molecule has 1 N–H and O–H groups in total. The number of aliphatic hydroxyl groups excluding tert-OH is 1. The number of benzene rings is 1. The zero-order valence-corrected chi connectivity index (χ0v) is 12.1. The minimum atomic E-state index is 0.456. The molecule has 1 aromatic heterocycles. The molecule has 2 rings (SSSR count). The monoisotopic (exact) mass is 279 g/mol. The van der Waals surface area contributed by atoms with E-state index in [9.17, 15) is 5.11 Å². The predicted molar refractivity (Wildman–Crippen MR) is 82.7 cm³/mol. The highest BCUT2D eigenvalue weighted by molar-refractivity contribution is 7.99. The van der Waals surface area contributed by atoms with Gasteiger partial charge in [0, 0.05) is 5.22 Å². The van der Waals surface area contributed by atoms with E-state index in [0.29, 0.717) is 11.5 Å². The number of thiazole rings is 1. The lowest BCUT2D eigenvalue weighted by Gasteiger charge is -2.00. The normalized spacial score (nSPS) is 12.9. The molecular weight excluding hydrogens is 262 g/mol. The Hall–Kier alpha value is -1.00. The highest BCUT2D eigenvalue weighted by atomic mass is 32.2. The number of unbranched alkanes of at least 4 members (excludes halogenated alkanes) is 1. The maximum absolute atomic E-state index is 10.1. The maximum Gasteiger partial charge on any atom is 0.110 e. The second kappa shape index (κ2) is 6.25. The number of fused-ring (bicyclic) bond motifs is 1. The topological polar surface area (TPSA) is 33.1 Å². The Balaban J connectivity index is 2.19. The van der Waals surface area contributed by atoms with Crippen LogP contribution >= 0.6 is 23.1 Å². The lowest BCUT2D eigenvalue weighted by molar-refractivity contribution is 0.501. The summed E-state index contributed by atoms with van der Waals surface area (Å²) in [5, 5.41) is 10.9. The Kier molecular flexibility index (Phi) is 4.66. The summed E-state index contributed by atoms with van der Waals surface area (Å²) in [6.07, 6.45) is 2.41. The van der Waals surface area contributed by atoms with Crippen molar-refractivity contribution in [3.8, 4) is 0 Å². The molecule has 4 heteroatoms. The molecule has 0 aliphatic rings. The van der Waals surface area contributed by atoms with Crippen molar-refractivity contribution < 1.29 is 5.11 Å². The van der Waals surface area contributed by atoms with E-state index in [4.69, 9.17) is 0 Å². The average Bonchev–Trinajstić information content (AvgIpc) is 2.73. The molecule has 0 saturated heterocycles. The van der Waals surface area contributed by atoms with Crippen LogP contribution in [-0.4, -0.2) is 21.6 Å². The SMILES string of the molecule is C=c1nc2cc/c(=C(/O)CSCCCC)cc2s1. The molecule has 0 aliphatic carbocycles. The smallest absolute Gasteiger partial charge is 0.110 e. The molecule has 1 aromatic carbocycles. The van der Waals surface area contributed by atoms with Crippen molar-refractivity contribution in [3.05, 3.63) is 28.1 Å². The molecule has 0 saturated carbocycles. The average molecular weight is 279 g/mol. The quantitative estimate of drug-likeness (QED) is 0.854. The van der Waals surface area contributed by atoms with Gasteiger partial charge in [0.25, 0.3) is 0 Å². The largest absolute Gasteiger partial charge is 0.511 e. The molecule has 0 amide bonds. The van der Waals surface area contributed by atoms with Crippen LogP contribution in [0.3, 0.4) is 0 Å². The fourth-order valence-corrected chi connectivity index (χ4v) is 3.45. The lowest BCUT2D eigenvalue weighted by Crippen LogP contribution is -2.06. The zero-order valence-electron chi connectivity index (χ0n) is 10.5. The van der Waals surface area contributed by atoms with Crippen molar-refractivity contribution in [3.63, 3.8) is 0 Å². The Morgan fingerprint density at radius 2 is 2.33 bits per heavy atom. The Morgan fingerprint density at radius 1 is 1.50 bits per heavy atom. The first kappa shape index (κ1) is 13.4. The molecule has 0 radical (unpaired) electrons. The summed E-state index contributed by atoms with van der Waals surface area (Å²) in [6.45, 7) is 6.02. The summed E-state index contributed by atoms with van der Waals surface area (Å²) in [5.74, 6) is 2.24. The Labute approximate surface area is 115 Å². The number of nitrogens with zero attached hydrogens (tertiary/aromatic N) is 1. The number of aromatic nitrogens is 1. The van der Waals surface area contributed by atoms with Gasteiger partial charge in [-0.15, -0.1) is 11.3 Å². The first-order valence-corrected chi connectivity index (χ1v) is 8.03. The molecule has 2 nitrogen and oxygen atoms in total. The van der Waals surface area contributed by atoms with Crippen LogP contribution in [0.5, 0.6) is 0 Å². The first-order valence-electron chi connectivity index (χ1n) is 6.06. The standard InChI is InChI=1S/C14H17NOS2/c1-3-4-7-17-9-13(16)11-5-6-12-14(8-11)18-10(2)15-12/h5-6,8,16H,2-4,7,9H2,1H3/b13-11-. The van der Waals surface area contributed by atoms with Gasteiger partial charge in [-0.2, -0.15) is 11.8 Å². The van der Waals surface area contributed by atoms with Crippen LogP contribution in [0.15, 0.2) is 18.2 Å². The first-order chi connectivity index (χ1) is 8.70. The van der Waals surface area contributed by atoms with Gasteiger partial charge in [0.15, 0.2) is 0 Å². The van der Waals surface area contributed by atoms with Crippen molar-refractivity contribution in [1.82, 2.24) is 4.98 Å². The molecule has 96 valence electrons. The molecule has 0 atom stereocenters. The van der Waals surface area contributed by atoms with E-state index in [-0.39, 0.29) is 0 Å². The highest BCUT2D eigenvalue weighted by Gasteiger charge is 2.00. The number of rotatable bonds is 5. The van der Waals surface area contributed by atoms with E-state index in [1.165, 1.54) is 12.8 Å². The van der Waals surface area contributed by atoms with Gasteiger partial charge in [-0.25, -0.2) is 4.98 Å². The van der Waals surface area contributed by atoms with Gasteiger partial charge in [0.1, 0.15) is 10.4 Å². The third-order valence-corrected chi connectivity index (χ3v) is 4.58. The van der Waals surface area contributed by atoms with Crippen LogP contribution in [0.1, 0.15) is 19.8 Å². The molecule has 18 heavy (non-hydrogen) atoms. The molecule has 0 unspecified atom stereocenters. The fraction of sp³-hybridized carbons (Fsp3) is 0.357. The Bertz CT molecular complexity index is 633. The fourth-order valence-electron chi connectivity index (χ4n) is 1.65. The van der Waals surface area contributed by atoms with Crippen LogP contribution in [0.2, 0.25) is 0 Å². The minimum absolute atomic E-state index is 0.456. The Morgan fingerprint density at radius 3 is 3.11 bits per heavy atom. The summed E-state index contributed by atoms with van der Waals surface area (Å²) in [4.78, 5) is 4.31. The molecule has 2 aromatic rings. The van der Waals surface area contributed by atoms with E-state index >= 15 is 0 Å². The minimum Gasteiger partial charge on any atom is -0.511 e. The van der Waals surface area contributed by atoms with Crippen molar-refractivity contribution in [2.24, 2.45) is 0 Å². The molecular formula is C14H17NOS2. The summed E-state index contributed by atoms with van der Waals surface area (Å²) >= 11 is 3.34. The van der Waals surface area contributed by atoms with Crippen molar-refractivity contribution >= 4 is 45.7 Å². The third kappa shape index (κ3) is 3.27. The van der Waals surface area contributed by atoms with E-state index in [1.54, 1.807) is 23.1 Å². The number of hydrogen-bond acceptors (Lipinski definition) is 4. The number of thioether (sulfide) groups is 1. The van der Waals surface area contributed by atoms with Gasteiger partial charge < -0.3 is 5.11 Å². The van der Waals surface area contributed by atoms with E-state index in [1.807, 2.05) is 18.2 Å². The predicted octanol–water partition coefficient (Wildman–Crippen LogP) is 2.91. The van der Waals surface area contributed by atoms with E-state index in [2.05, 4.69) is 18.5 Å². The van der Waals surface area contributed by atoms with Crippen molar-refractivity contribution in [2.75, 3.05) is 11.5 Å². The maximum atomic E-state index is 10.1. The molecule has 0 bridgehead atoms. The summed E-state index contributed by atoms with van der Waals surface area (Å²) in [7, 11) is 0. The number of hydrogen-bond donors (Lipinski definition) is 1. The van der Waals surface area contributed by atoms with Gasteiger partial charge in [-0.1, -0.05) is 19.9 Å². The van der Waals surface area contributed by atoms with Crippen LogP contribution in [0, 0.1) is 0 Å². The third-order valence-electron chi connectivity index (χ3n) is 2.65. The van der Waals surface area contributed by atoms with Crippen molar-refractivity contribution in [1.29, 1.82) is 0 Å². The summed E-state index contributed by atoms with van der Waals surface area (Å²) in [5.41, 5.74) is 0.959. The molecule has 0 spiro atoms. The summed E-state index contributed by atoms with van der Waals surface area (Å²) in [6, 6.07) is 5.87. The van der Waals surface area contributed by atoms with Crippen LogP contribution < -0.4 is 9.88 Å². The van der Waals surface area contributed by atoms with Gasteiger partial charge >= 0.3 is 0 Å². The van der Waals surface area contributed by atoms with Gasteiger partial charge in [-0.05, 0) is 30.4 Å². The molecule has 0 aliphatic heterocycles. The second-order valence-electron chi connectivity index (χ2n) is 4.14. The second-order valence-corrected chi connectivity index (χ2v) is 6.36. The van der Waals surface area contributed by atoms with Crippen LogP contribution in [-0.2, 0) is 0 Å².